The minimum atomic E-state index is 0.713. The van der Waals surface area contributed by atoms with Crippen LogP contribution in [0.2, 0.25) is 0 Å². The minimum Gasteiger partial charge on any atom is -0.228 e. The van der Waals surface area contributed by atoms with Crippen LogP contribution >= 0.6 is 0 Å². The van der Waals surface area contributed by atoms with Gasteiger partial charge in [-0.25, -0.2) is 9.97 Å². The molecule has 0 saturated heterocycles. The molecule has 224 valence electrons. The van der Waals surface area contributed by atoms with Gasteiger partial charge >= 0.3 is 0 Å². The second kappa shape index (κ2) is 11.8. The lowest BCUT2D eigenvalue weighted by molar-refractivity contribution is 1.19. The molecule has 0 bridgehead atoms. The first-order chi connectivity index (χ1) is 23.8. The number of hydrogen-bond acceptors (Lipinski definition) is 2. The van der Waals surface area contributed by atoms with Crippen LogP contribution in [0.25, 0.3) is 88.5 Å². The molecule has 2 heteroatoms. The van der Waals surface area contributed by atoms with Gasteiger partial charge in [0, 0.05) is 16.7 Å². The molecule has 0 amide bonds. The van der Waals surface area contributed by atoms with Crippen LogP contribution in [0.4, 0.5) is 0 Å². The SMILES string of the molecule is c1ccc(-c2ccc3cc(-c4cc(-c5ccc(-c6ccc7ccccc7c6)c6ccccc56)nc(-c5ccccc5)n4)ccc3c2)cc1. The van der Waals surface area contributed by atoms with E-state index >= 15 is 0 Å². The van der Waals surface area contributed by atoms with Crippen molar-refractivity contribution in [2.45, 2.75) is 0 Å². The molecule has 2 nitrogen and oxygen atoms in total. The molecule has 8 aromatic carbocycles. The normalized spacial score (nSPS) is 11.3. The van der Waals surface area contributed by atoms with Crippen LogP contribution in [0.3, 0.4) is 0 Å². The summed E-state index contributed by atoms with van der Waals surface area (Å²) in [7, 11) is 0. The van der Waals surface area contributed by atoms with Gasteiger partial charge in [-0.3, -0.25) is 0 Å². The Morgan fingerprint density at radius 3 is 1.54 bits per heavy atom. The highest BCUT2D eigenvalue weighted by atomic mass is 14.9. The van der Waals surface area contributed by atoms with Crippen molar-refractivity contribution in [3.05, 3.63) is 182 Å². The van der Waals surface area contributed by atoms with Crippen LogP contribution < -0.4 is 0 Å². The van der Waals surface area contributed by atoms with E-state index in [1.807, 2.05) is 18.2 Å². The largest absolute Gasteiger partial charge is 0.228 e. The first-order valence-electron chi connectivity index (χ1n) is 16.3. The third-order valence-corrected chi connectivity index (χ3v) is 9.26. The topological polar surface area (TPSA) is 25.8 Å². The number of aromatic nitrogens is 2. The lowest BCUT2D eigenvalue weighted by Gasteiger charge is -2.14. The van der Waals surface area contributed by atoms with Crippen molar-refractivity contribution in [2.24, 2.45) is 0 Å². The van der Waals surface area contributed by atoms with Gasteiger partial charge in [0.2, 0.25) is 0 Å². The van der Waals surface area contributed by atoms with Gasteiger partial charge in [-0.15, -0.1) is 0 Å². The van der Waals surface area contributed by atoms with E-state index in [1.165, 1.54) is 54.6 Å². The molecule has 1 heterocycles. The molecule has 1 aromatic heterocycles. The third-order valence-electron chi connectivity index (χ3n) is 9.26. The summed E-state index contributed by atoms with van der Waals surface area (Å²) in [6.45, 7) is 0. The maximum Gasteiger partial charge on any atom is 0.160 e. The summed E-state index contributed by atoms with van der Waals surface area (Å²) < 4.78 is 0. The van der Waals surface area contributed by atoms with E-state index in [4.69, 9.17) is 9.97 Å². The molecule has 9 aromatic rings. The summed E-state index contributed by atoms with van der Waals surface area (Å²) in [4.78, 5) is 10.3. The van der Waals surface area contributed by atoms with Crippen LogP contribution in [-0.4, -0.2) is 9.97 Å². The first kappa shape index (κ1) is 27.9. The fourth-order valence-corrected chi connectivity index (χ4v) is 6.80. The molecule has 0 atom stereocenters. The Morgan fingerprint density at radius 1 is 0.271 bits per heavy atom. The van der Waals surface area contributed by atoms with Crippen molar-refractivity contribution >= 4 is 32.3 Å². The Hall–Kier alpha value is -6.38. The summed E-state index contributed by atoms with van der Waals surface area (Å²) in [6, 6.07) is 64.6. The molecule has 0 saturated carbocycles. The quantitative estimate of drug-likeness (QED) is 0.194. The minimum absolute atomic E-state index is 0.713. The Balaban J connectivity index is 1.19. The molecule has 0 unspecified atom stereocenters. The predicted molar refractivity (Wildman–Crippen MR) is 202 cm³/mol. The van der Waals surface area contributed by atoms with Gasteiger partial charge in [0.05, 0.1) is 11.4 Å². The molecule has 0 radical (unpaired) electrons. The summed E-state index contributed by atoms with van der Waals surface area (Å²) >= 11 is 0. The zero-order valence-corrected chi connectivity index (χ0v) is 26.2. The first-order valence-corrected chi connectivity index (χ1v) is 16.3. The third kappa shape index (κ3) is 5.10. The molecule has 0 spiro atoms. The van der Waals surface area contributed by atoms with Gasteiger partial charge in [0.1, 0.15) is 0 Å². The van der Waals surface area contributed by atoms with E-state index in [1.54, 1.807) is 0 Å². The van der Waals surface area contributed by atoms with E-state index in [2.05, 4.69) is 164 Å². The summed E-state index contributed by atoms with van der Waals surface area (Å²) in [5.74, 6) is 0.713. The standard InChI is InChI=1S/C46H30N2/c1-3-11-31(12-4-1)35-20-21-37-29-39(24-22-36(37)27-35)44-30-45(48-46(47-44)33-14-5-2-6-15-33)43-26-25-40(41-17-9-10-18-42(41)43)38-23-19-32-13-7-8-16-34(32)28-38/h1-30H. The maximum atomic E-state index is 5.19. The summed E-state index contributed by atoms with van der Waals surface area (Å²) in [5, 5.41) is 7.23. The molecule has 0 aliphatic carbocycles. The van der Waals surface area contributed by atoms with Crippen LogP contribution in [-0.2, 0) is 0 Å². The van der Waals surface area contributed by atoms with Crippen molar-refractivity contribution in [2.75, 3.05) is 0 Å². The van der Waals surface area contributed by atoms with Gasteiger partial charge in [0.25, 0.3) is 0 Å². The molecule has 0 aliphatic heterocycles. The van der Waals surface area contributed by atoms with E-state index in [0.29, 0.717) is 5.82 Å². The van der Waals surface area contributed by atoms with Crippen molar-refractivity contribution in [3.8, 4) is 56.2 Å². The van der Waals surface area contributed by atoms with Crippen LogP contribution in [0.1, 0.15) is 0 Å². The molecular formula is C46H30N2. The fourth-order valence-electron chi connectivity index (χ4n) is 6.80. The lowest BCUT2D eigenvalue weighted by Crippen LogP contribution is -1.97. The summed E-state index contributed by atoms with van der Waals surface area (Å²) in [6.07, 6.45) is 0. The molecule has 0 fully saturated rings. The average Bonchev–Trinajstić information content (AvgIpc) is 3.17. The zero-order valence-electron chi connectivity index (χ0n) is 26.2. The highest BCUT2D eigenvalue weighted by Crippen LogP contribution is 2.38. The van der Waals surface area contributed by atoms with Gasteiger partial charge < -0.3 is 0 Å². The summed E-state index contributed by atoms with van der Waals surface area (Å²) in [5.41, 5.74) is 9.79. The van der Waals surface area contributed by atoms with Gasteiger partial charge in [-0.1, -0.05) is 158 Å². The molecule has 0 aliphatic rings. The second-order valence-corrected chi connectivity index (χ2v) is 12.2. The van der Waals surface area contributed by atoms with Crippen LogP contribution in [0, 0.1) is 0 Å². The Bertz CT molecular complexity index is 2610. The zero-order chi connectivity index (χ0) is 31.9. The van der Waals surface area contributed by atoms with Crippen LogP contribution in [0.5, 0.6) is 0 Å². The molecular weight excluding hydrogens is 581 g/mol. The van der Waals surface area contributed by atoms with Crippen molar-refractivity contribution in [1.29, 1.82) is 0 Å². The Labute approximate surface area is 279 Å². The second-order valence-electron chi connectivity index (χ2n) is 12.2. The van der Waals surface area contributed by atoms with Crippen molar-refractivity contribution in [3.63, 3.8) is 0 Å². The van der Waals surface area contributed by atoms with E-state index in [0.717, 1.165) is 28.1 Å². The molecule has 9 rings (SSSR count). The smallest absolute Gasteiger partial charge is 0.160 e. The van der Waals surface area contributed by atoms with Crippen LogP contribution in [0.15, 0.2) is 182 Å². The van der Waals surface area contributed by atoms with Gasteiger partial charge in [-0.05, 0) is 78.8 Å². The van der Waals surface area contributed by atoms with Gasteiger partial charge in [0.15, 0.2) is 5.82 Å². The highest BCUT2D eigenvalue weighted by Gasteiger charge is 2.15. The molecule has 0 N–H and O–H groups in total. The highest BCUT2D eigenvalue weighted by molar-refractivity contribution is 6.06. The number of fused-ring (bicyclic) bond motifs is 3. The predicted octanol–water partition coefficient (Wildman–Crippen LogP) is 12.3. The number of rotatable bonds is 5. The number of hydrogen-bond donors (Lipinski definition) is 0. The van der Waals surface area contributed by atoms with E-state index < -0.39 is 0 Å². The van der Waals surface area contributed by atoms with Crippen molar-refractivity contribution in [1.82, 2.24) is 9.97 Å². The Kier molecular flexibility index (Phi) is 6.84. The Morgan fingerprint density at radius 2 is 0.771 bits per heavy atom. The average molecular weight is 611 g/mol. The fraction of sp³-hybridized carbons (Fsp3) is 0. The number of nitrogens with zero attached hydrogens (tertiary/aromatic N) is 2. The monoisotopic (exact) mass is 610 g/mol. The van der Waals surface area contributed by atoms with Gasteiger partial charge in [-0.2, -0.15) is 0 Å². The van der Waals surface area contributed by atoms with E-state index in [-0.39, 0.29) is 0 Å². The number of benzene rings is 8. The van der Waals surface area contributed by atoms with Crippen molar-refractivity contribution < 1.29 is 0 Å². The molecule has 48 heavy (non-hydrogen) atoms. The maximum absolute atomic E-state index is 5.19. The van der Waals surface area contributed by atoms with E-state index in [9.17, 15) is 0 Å². The lowest BCUT2D eigenvalue weighted by atomic mass is 9.92.